The molecule has 2 aliphatic rings. The van der Waals surface area contributed by atoms with E-state index in [1.165, 1.54) is 38.8 Å². The third-order valence-electron chi connectivity index (χ3n) is 4.29. The minimum Gasteiger partial charge on any atom is -0.311 e. The van der Waals surface area contributed by atoms with E-state index in [9.17, 15) is 0 Å². The van der Waals surface area contributed by atoms with Crippen molar-refractivity contribution in [2.75, 3.05) is 19.3 Å². The molecule has 1 aliphatic heterocycles. The van der Waals surface area contributed by atoms with Crippen molar-refractivity contribution in [1.82, 2.24) is 10.2 Å². The lowest BCUT2D eigenvalue weighted by Crippen LogP contribution is -2.58. The van der Waals surface area contributed by atoms with Gasteiger partial charge < -0.3 is 5.32 Å². The lowest BCUT2D eigenvalue weighted by molar-refractivity contribution is 0.0854. The van der Waals surface area contributed by atoms with Crippen LogP contribution in [0.3, 0.4) is 0 Å². The van der Waals surface area contributed by atoms with Gasteiger partial charge in [0.1, 0.15) is 0 Å². The minimum absolute atomic E-state index is 0.677. The van der Waals surface area contributed by atoms with Crippen molar-refractivity contribution in [2.45, 2.75) is 62.9 Å². The summed E-state index contributed by atoms with van der Waals surface area (Å²) >= 11 is 2.07. The molecule has 3 heteroatoms. The zero-order valence-electron chi connectivity index (χ0n) is 10.9. The Morgan fingerprint density at radius 3 is 2.81 bits per heavy atom. The summed E-state index contributed by atoms with van der Waals surface area (Å²) in [5.41, 5.74) is 0. The van der Waals surface area contributed by atoms with Crippen molar-refractivity contribution in [2.24, 2.45) is 0 Å². The fourth-order valence-electron chi connectivity index (χ4n) is 3.24. The van der Waals surface area contributed by atoms with Crippen LogP contribution in [0.5, 0.6) is 0 Å². The highest BCUT2D eigenvalue weighted by atomic mass is 32.2. The van der Waals surface area contributed by atoms with Gasteiger partial charge >= 0.3 is 0 Å². The van der Waals surface area contributed by atoms with Crippen LogP contribution in [0.4, 0.5) is 0 Å². The molecule has 1 saturated carbocycles. The second-order valence-corrected chi connectivity index (χ2v) is 6.53. The van der Waals surface area contributed by atoms with Crippen molar-refractivity contribution >= 4 is 11.8 Å². The van der Waals surface area contributed by atoms with E-state index in [2.05, 4.69) is 42.1 Å². The Hall–Kier alpha value is 0.270. The molecule has 0 radical (unpaired) electrons. The second-order valence-electron chi connectivity index (χ2n) is 5.39. The van der Waals surface area contributed by atoms with Gasteiger partial charge in [0, 0.05) is 36.5 Å². The maximum atomic E-state index is 3.61. The smallest absolute Gasteiger partial charge is 0.0221 e. The summed E-state index contributed by atoms with van der Waals surface area (Å²) in [6, 6.07) is 2.32. The number of rotatable bonds is 3. The molecule has 4 unspecified atom stereocenters. The number of hydrogen-bond donors (Lipinski definition) is 1. The van der Waals surface area contributed by atoms with Crippen molar-refractivity contribution < 1.29 is 0 Å². The fraction of sp³-hybridized carbons (Fsp3) is 1.00. The van der Waals surface area contributed by atoms with Gasteiger partial charge in [-0.05, 0) is 38.9 Å². The lowest BCUT2D eigenvalue weighted by Gasteiger charge is -2.42. The summed E-state index contributed by atoms with van der Waals surface area (Å²) in [7, 11) is 0. The zero-order chi connectivity index (χ0) is 11.5. The Kier molecular flexibility index (Phi) is 4.57. The molecule has 0 aromatic rings. The van der Waals surface area contributed by atoms with E-state index in [1.807, 2.05) is 0 Å². The number of nitrogens with zero attached hydrogens (tertiary/aromatic N) is 1. The SMILES string of the molecule is CCC1CNC(C)CN1C1CCC(SC)C1. The molecule has 94 valence electrons. The van der Waals surface area contributed by atoms with E-state index in [-0.39, 0.29) is 0 Å². The maximum Gasteiger partial charge on any atom is 0.0221 e. The van der Waals surface area contributed by atoms with Crippen LogP contribution in [0, 0.1) is 0 Å². The summed E-state index contributed by atoms with van der Waals surface area (Å²) in [6.07, 6.45) is 7.84. The molecule has 2 nitrogen and oxygen atoms in total. The van der Waals surface area contributed by atoms with E-state index in [1.54, 1.807) is 0 Å². The number of nitrogens with one attached hydrogen (secondary N) is 1. The van der Waals surface area contributed by atoms with Crippen LogP contribution in [-0.2, 0) is 0 Å². The predicted molar refractivity (Wildman–Crippen MR) is 73.2 cm³/mol. The first-order valence-electron chi connectivity index (χ1n) is 6.76. The third-order valence-corrected chi connectivity index (χ3v) is 5.38. The molecule has 1 aliphatic carbocycles. The molecule has 0 aromatic heterocycles. The molecule has 0 bridgehead atoms. The molecular weight excluding hydrogens is 216 g/mol. The van der Waals surface area contributed by atoms with E-state index in [0.29, 0.717) is 6.04 Å². The third kappa shape index (κ3) is 2.74. The molecule has 0 spiro atoms. The number of thioether (sulfide) groups is 1. The average Bonchev–Trinajstić information content (AvgIpc) is 2.77. The van der Waals surface area contributed by atoms with Crippen LogP contribution >= 0.6 is 11.8 Å². The topological polar surface area (TPSA) is 15.3 Å². The van der Waals surface area contributed by atoms with Gasteiger partial charge in [0.05, 0.1) is 0 Å². The molecule has 0 aromatic carbocycles. The summed E-state index contributed by atoms with van der Waals surface area (Å²) < 4.78 is 0. The Bertz CT molecular complexity index is 222. The zero-order valence-corrected chi connectivity index (χ0v) is 11.7. The normalized spacial score (nSPS) is 41.4. The van der Waals surface area contributed by atoms with Crippen molar-refractivity contribution in [3.8, 4) is 0 Å². The first-order valence-corrected chi connectivity index (χ1v) is 8.05. The fourth-order valence-corrected chi connectivity index (χ4v) is 4.03. The highest BCUT2D eigenvalue weighted by molar-refractivity contribution is 7.99. The quantitative estimate of drug-likeness (QED) is 0.818. The van der Waals surface area contributed by atoms with Gasteiger partial charge in [0.15, 0.2) is 0 Å². The lowest BCUT2D eigenvalue weighted by atomic mass is 10.0. The largest absolute Gasteiger partial charge is 0.311 e. The second kappa shape index (κ2) is 5.74. The highest BCUT2D eigenvalue weighted by Gasteiger charge is 2.34. The van der Waals surface area contributed by atoms with E-state index in [0.717, 1.165) is 17.3 Å². The van der Waals surface area contributed by atoms with Crippen molar-refractivity contribution in [3.05, 3.63) is 0 Å². The molecule has 16 heavy (non-hydrogen) atoms. The Morgan fingerprint density at radius 1 is 1.38 bits per heavy atom. The summed E-state index contributed by atoms with van der Waals surface area (Å²) in [5.74, 6) is 0. The molecule has 2 rings (SSSR count). The van der Waals surface area contributed by atoms with Gasteiger partial charge in [-0.1, -0.05) is 6.92 Å². The van der Waals surface area contributed by atoms with E-state index >= 15 is 0 Å². The molecule has 1 heterocycles. The Labute approximate surface area is 105 Å². The minimum atomic E-state index is 0.677. The standard InChI is InChI=1S/C13H26N2S/c1-4-11-8-14-10(2)9-15(11)12-5-6-13(7-12)16-3/h10-14H,4-9H2,1-3H3. The average molecular weight is 242 g/mol. The van der Waals surface area contributed by atoms with Crippen LogP contribution < -0.4 is 5.32 Å². The van der Waals surface area contributed by atoms with E-state index < -0.39 is 0 Å². The Balaban J connectivity index is 1.95. The molecule has 2 fully saturated rings. The van der Waals surface area contributed by atoms with Crippen LogP contribution in [0.15, 0.2) is 0 Å². The van der Waals surface area contributed by atoms with Gasteiger partial charge in [0.25, 0.3) is 0 Å². The number of hydrogen-bond acceptors (Lipinski definition) is 3. The van der Waals surface area contributed by atoms with Gasteiger partial charge in [-0.3, -0.25) is 4.90 Å². The molecule has 4 atom stereocenters. The first kappa shape index (κ1) is 12.7. The highest BCUT2D eigenvalue weighted by Crippen LogP contribution is 2.33. The molecular formula is C13H26N2S. The monoisotopic (exact) mass is 242 g/mol. The first-order chi connectivity index (χ1) is 7.74. The maximum absolute atomic E-state index is 3.61. The van der Waals surface area contributed by atoms with Crippen molar-refractivity contribution in [3.63, 3.8) is 0 Å². The molecule has 1 saturated heterocycles. The van der Waals surface area contributed by atoms with Gasteiger partial charge in [0.2, 0.25) is 0 Å². The Morgan fingerprint density at radius 2 is 2.19 bits per heavy atom. The van der Waals surface area contributed by atoms with Crippen LogP contribution in [-0.4, -0.2) is 47.6 Å². The summed E-state index contributed by atoms with van der Waals surface area (Å²) in [4.78, 5) is 2.80. The van der Waals surface area contributed by atoms with Gasteiger partial charge in [-0.2, -0.15) is 11.8 Å². The van der Waals surface area contributed by atoms with Crippen LogP contribution in [0.2, 0.25) is 0 Å². The molecule has 0 amide bonds. The van der Waals surface area contributed by atoms with E-state index in [4.69, 9.17) is 0 Å². The van der Waals surface area contributed by atoms with Crippen LogP contribution in [0.25, 0.3) is 0 Å². The van der Waals surface area contributed by atoms with Gasteiger partial charge in [-0.25, -0.2) is 0 Å². The predicted octanol–water partition coefficient (Wildman–Crippen LogP) is 2.34. The summed E-state index contributed by atoms with van der Waals surface area (Å²) in [6.45, 7) is 7.10. The summed E-state index contributed by atoms with van der Waals surface area (Å²) in [5, 5.41) is 4.54. The molecule has 1 N–H and O–H groups in total. The van der Waals surface area contributed by atoms with Crippen LogP contribution in [0.1, 0.15) is 39.5 Å². The number of piperazine rings is 1. The van der Waals surface area contributed by atoms with Crippen molar-refractivity contribution in [1.29, 1.82) is 0 Å². The van der Waals surface area contributed by atoms with Gasteiger partial charge in [-0.15, -0.1) is 0 Å².